The van der Waals surface area contributed by atoms with Gasteiger partial charge in [0.1, 0.15) is 0 Å². The second kappa shape index (κ2) is 3.81. The van der Waals surface area contributed by atoms with Gasteiger partial charge in [0.05, 0.1) is 6.26 Å². The molecule has 0 N–H and O–H groups in total. The largest absolute Gasteiger partial charge is 0.472 e. The quantitative estimate of drug-likeness (QED) is 0.704. The molecule has 1 aliphatic rings. The van der Waals surface area contributed by atoms with Crippen LogP contribution < -0.4 is 0 Å². The maximum atomic E-state index is 5.49. The highest BCUT2D eigenvalue weighted by Crippen LogP contribution is 2.28. The highest BCUT2D eigenvalue weighted by atomic mass is 16.5. The number of hydrogen-bond donors (Lipinski definition) is 0. The molecule has 1 aliphatic heterocycles. The lowest BCUT2D eigenvalue weighted by atomic mass is 10.0. The minimum Gasteiger partial charge on any atom is -0.472 e. The van der Waals surface area contributed by atoms with E-state index in [1.165, 1.54) is 10.8 Å². The number of aliphatic imine (C=N–C) groups is 1. The SMILES string of the molecule is C1=COC(c2cccc3ccccc23)N=C1. The predicted molar refractivity (Wildman–Crippen MR) is 65.4 cm³/mol. The van der Waals surface area contributed by atoms with Gasteiger partial charge in [-0.2, -0.15) is 0 Å². The van der Waals surface area contributed by atoms with Crippen LogP contribution in [0.15, 0.2) is 59.8 Å². The van der Waals surface area contributed by atoms with Crippen molar-refractivity contribution < 1.29 is 4.74 Å². The summed E-state index contributed by atoms with van der Waals surface area (Å²) < 4.78 is 5.49. The van der Waals surface area contributed by atoms with Gasteiger partial charge in [0.25, 0.3) is 0 Å². The van der Waals surface area contributed by atoms with Crippen LogP contribution >= 0.6 is 0 Å². The molecule has 3 rings (SSSR count). The normalized spacial score (nSPS) is 18.6. The molecule has 16 heavy (non-hydrogen) atoms. The highest BCUT2D eigenvalue weighted by Gasteiger charge is 2.13. The van der Waals surface area contributed by atoms with Gasteiger partial charge in [0.2, 0.25) is 6.23 Å². The molecule has 0 amide bonds. The Morgan fingerprint density at radius 3 is 2.75 bits per heavy atom. The molecule has 2 aromatic rings. The van der Waals surface area contributed by atoms with Crippen LogP contribution in [0.25, 0.3) is 10.8 Å². The van der Waals surface area contributed by atoms with Gasteiger partial charge in [0, 0.05) is 11.8 Å². The van der Waals surface area contributed by atoms with Crippen LogP contribution in [0.2, 0.25) is 0 Å². The Morgan fingerprint density at radius 1 is 1.00 bits per heavy atom. The molecule has 1 heterocycles. The van der Waals surface area contributed by atoms with Crippen LogP contribution in [-0.4, -0.2) is 6.21 Å². The molecule has 0 saturated carbocycles. The molecule has 0 saturated heterocycles. The molecule has 0 spiro atoms. The van der Waals surface area contributed by atoms with Crippen molar-refractivity contribution in [1.82, 2.24) is 0 Å². The second-order valence-electron chi connectivity index (χ2n) is 3.68. The fraction of sp³-hybridized carbons (Fsp3) is 0.0714. The zero-order valence-electron chi connectivity index (χ0n) is 8.71. The molecule has 1 unspecified atom stereocenters. The zero-order chi connectivity index (χ0) is 10.8. The van der Waals surface area contributed by atoms with Crippen molar-refractivity contribution in [2.75, 3.05) is 0 Å². The second-order valence-corrected chi connectivity index (χ2v) is 3.68. The van der Waals surface area contributed by atoms with Crippen molar-refractivity contribution in [3.63, 3.8) is 0 Å². The van der Waals surface area contributed by atoms with Crippen LogP contribution in [-0.2, 0) is 4.74 Å². The summed E-state index contributed by atoms with van der Waals surface area (Å²) in [5, 5.41) is 2.41. The number of nitrogens with zero attached hydrogens (tertiary/aromatic N) is 1. The van der Waals surface area contributed by atoms with Crippen molar-refractivity contribution in [2.45, 2.75) is 6.23 Å². The van der Waals surface area contributed by atoms with Crippen LogP contribution in [0.3, 0.4) is 0 Å². The van der Waals surface area contributed by atoms with Crippen molar-refractivity contribution in [3.05, 3.63) is 60.4 Å². The summed E-state index contributed by atoms with van der Waals surface area (Å²) in [6.07, 6.45) is 5.04. The van der Waals surface area contributed by atoms with E-state index >= 15 is 0 Å². The molecule has 2 nitrogen and oxygen atoms in total. The molecule has 0 bridgehead atoms. The van der Waals surface area contributed by atoms with Crippen molar-refractivity contribution in [2.24, 2.45) is 4.99 Å². The minimum atomic E-state index is -0.212. The lowest BCUT2D eigenvalue weighted by Gasteiger charge is -2.16. The summed E-state index contributed by atoms with van der Waals surface area (Å²) in [6, 6.07) is 14.5. The fourth-order valence-corrected chi connectivity index (χ4v) is 1.94. The average Bonchev–Trinajstić information content (AvgIpc) is 2.39. The molecule has 0 fully saturated rings. The molecule has 2 aromatic carbocycles. The van der Waals surface area contributed by atoms with Gasteiger partial charge in [-0.1, -0.05) is 42.5 Å². The Kier molecular flexibility index (Phi) is 2.18. The Balaban J connectivity index is 2.16. The first-order valence-corrected chi connectivity index (χ1v) is 5.26. The number of allylic oxidation sites excluding steroid dienone is 1. The lowest BCUT2D eigenvalue weighted by Crippen LogP contribution is -2.01. The number of rotatable bonds is 1. The van der Waals surface area contributed by atoms with E-state index in [-0.39, 0.29) is 6.23 Å². The summed E-state index contributed by atoms with van der Waals surface area (Å²) in [7, 11) is 0. The van der Waals surface area contributed by atoms with Gasteiger partial charge >= 0.3 is 0 Å². The van der Waals surface area contributed by atoms with E-state index in [9.17, 15) is 0 Å². The molecule has 0 radical (unpaired) electrons. The molecule has 0 aromatic heterocycles. The predicted octanol–water partition coefficient (Wildman–Crippen LogP) is 3.45. The number of benzene rings is 2. The van der Waals surface area contributed by atoms with E-state index in [0.29, 0.717) is 0 Å². The number of fused-ring (bicyclic) bond motifs is 1. The van der Waals surface area contributed by atoms with Crippen molar-refractivity contribution in [1.29, 1.82) is 0 Å². The van der Waals surface area contributed by atoms with Gasteiger partial charge < -0.3 is 4.74 Å². The fourth-order valence-electron chi connectivity index (χ4n) is 1.94. The van der Waals surface area contributed by atoms with Crippen molar-refractivity contribution >= 4 is 17.0 Å². The summed E-state index contributed by atoms with van der Waals surface area (Å²) in [6.45, 7) is 0. The van der Waals surface area contributed by atoms with Gasteiger partial charge in [-0.3, -0.25) is 0 Å². The van der Waals surface area contributed by atoms with E-state index in [0.717, 1.165) is 5.56 Å². The zero-order valence-corrected chi connectivity index (χ0v) is 8.71. The van der Waals surface area contributed by atoms with Crippen LogP contribution in [0.1, 0.15) is 11.8 Å². The topological polar surface area (TPSA) is 21.6 Å². The summed E-state index contributed by atoms with van der Waals surface area (Å²) in [5.41, 5.74) is 1.11. The molecule has 2 heteroatoms. The molecular weight excluding hydrogens is 198 g/mol. The highest BCUT2D eigenvalue weighted by molar-refractivity contribution is 5.86. The molecular formula is C14H11NO. The Bertz CT molecular complexity index is 566. The Hall–Kier alpha value is -2.09. The van der Waals surface area contributed by atoms with E-state index in [4.69, 9.17) is 4.74 Å². The van der Waals surface area contributed by atoms with Crippen molar-refractivity contribution in [3.8, 4) is 0 Å². The van der Waals surface area contributed by atoms with Crippen LogP contribution in [0.5, 0.6) is 0 Å². The maximum Gasteiger partial charge on any atom is 0.215 e. The third kappa shape index (κ3) is 1.48. The number of ether oxygens (including phenoxy) is 1. The van der Waals surface area contributed by atoms with Gasteiger partial charge in [0.15, 0.2) is 0 Å². The summed E-state index contributed by atoms with van der Waals surface area (Å²) in [5.74, 6) is 0. The molecule has 78 valence electrons. The number of hydrogen-bond acceptors (Lipinski definition) is 2. The smallest absolute Gasteiger partial charge is 0.215 e. The monoisotopic (exact) mass is 209 g/mol. The van der Waals surface area contributed by atoms with Gasteiger partial charge in [-0.25, -0.2) is 4.99 Å². The Labute approximate surface area is 93.9 Å². The first-order chi connectivity index (χ1) is 7.95. The van der Waals surface area contributed by atoms with Gasteiger partial charge in [-0.15, -0.1) is 0 Å². The third-order valence-electron chi connectivity index (χ3n) is 2.68. The van der Waals surface area contributed by atoms with E-state index in [1.807, 2.05) is 18.2 Å². The Morgan fingerprint density at radius 2 is 1.88 bits per heavy atom. The van der Waals surface area contributed by atoms with E-state index in [2.05, 4.69) is 29.3 Å². The molecule has 1 atom stereocenters. The summed E-state index contributed by atoms with van der Waals surface area (Å²) >= 11 is 0. The van der Waals surface area contributed by atoms with Crippen LogP contribution in [0, 0.1) is 0 Å². The van der Waals surface area contributed by atoms with Gasteiger partial charge in [-0.05, 0) is 16.8 Å². The van der Waals surface area contributed by atoms with Crippen LogP contribution in [0.4, 0.5) is 0 Å². The standard InChI is InChI=1S/C14H11NO/c1-2-7-12-11(5-1)6-3-8-13(12)14-15-9-4-10-16-14/h1-10,14H. The van der Waals surface area contributed by atoms with E-state index < -0.39 is 0 Å². The molecule has 0 aliphatic carbocycles. The first kappa shape index (κ1) is 9.16. The summed E-state index contributed by atoms with van der Waals surface area (Å²) in [4.78, 5) is 4.32. The average molecular weight is 209 g/mol. The first-order valence-electron chi connectivity index (χ1n) is 5.26. The van der Waals surface area contributed by atoms with E-state index in [1.54, 1.807) is 18.6 Å². The maximum absolute atomic E-state index is 5.49. The lowest BCUT2D eigenvalue weighted by molar-refractivity contribution is 0.154. The third-order valence-corrected chi connectivity index (χ3v) is 2.68. The minimum absolute atomic E-state index is 0.212.